The molecule has 4 heteroatoms. The third-order valence-electron chi connectivity index (χ3n) is 3.17. The van der Waals surface area contributed by atoms with Gasteiger partial charge in [0.2, 0.25) is 0 Å². The lowest BCUT2D eigenvalue weighted by Gasteiger charge is -2.33. The van der Waals surface area contributed by atoms with Gasteiger partial charge in [-0.2, -0.15) is 0 Å². The van der Waals surface area contributed by atoms with Gasteiger partial charge in [-0.1, -0.05) is 6.92 Å². The lowest BCUT2D eigenvalue weighted by molar-refractivity contribution is 0.146. The van der Waals surface area contributed by atoms with E-state index in [1.807, 2.05) is 6.92 Å². The van der Waals surface area contributed by atoms with E-state index < -0.39 is 0 Å². The number of aliphatic hydroxyl groups is 1. The molecule has 0 aromatic rings. The smallest absolute Gasteiger partial charge is 0.0661 e. The summed E-state index contributed by atoms with van der Waals surface area (Å²) in [7, 11) is 0. The van der Waals surface area contributed by atoms with E-state index in [0.29, 0.717) is 13.2 Å². The largest absolute Gasteiger partial charge is 0.396 e. The summed E-state index contributed by atoms with van der Waals surface area (Å²) in [6.07, 6.45) is 0.964. The van der Waals surface area contributed by atoms with E-state index in [1.54, 1.807) is 0 Å². The van der Waals surface area contributed by atoms with E-state index in [-0.39, 0.29) is 24.1 Å². The van der Waals surface area contributed by atoms with Crippen molar-refractivity contribution in [1.82, 2.24) is 5.32 Å². The predicted molar refractivity (Wildman–Crippen MR) is 56.1 cm³/mol. The number of nitrogens with two attached hydrogens (primary N) is 1. The Balaban J connectivity index is 2.47. The predicted octanol–water partition coefficient (Wildman–Crippen LogP) is -0.289. The highest BCUT2D eigenvalue weighted by Crippen LogP contribution is 2.19. The van der Waals surface area contributed by atoms with E-state index in [2.05, 4.69) is 12.2 Å². The van der Waals surface area contributed by atoms with Gasteiger partial charge in [0.25, 0.3) is 0 Å². The molecule has 14 heavy (non-hydrogen) atoms. The molecule has 1 aliphatic rings. The van der Waals surface area contributed by atoms with Crippen LogP contribution in [0.15, 0.2) is 0 Å². The number of hydrogen-bond donors (Lipinski definition) is 3. The van der Waals surface area contributed by atoms with Crippen LogP contribution in [-0.2, 0) is 4.74 Å². The first-order chi connectivity index (χ1) is 6.63. The summed E-state index contributed by atoms with van der Waals surface area (Å²) in [4.78, 5) is 0. The molecule has 0 aliphatic carbocycles. The molecule has 0 bridgehead atoms. The van der Waals surface area contributed by atoms with Gasteiger partial charge in [0.1, 0.15) is 0 Å². The normalized spacial score (nSPS) is 31.7. The monoisotopic (exact) mass is 202 g/mol. The Labute approximate surface area is 85.8 Å². The standard InChI is InChI=1S/C10H22N2O2/c1-8(5-13)9(2)12-10(6-11)3-4-14-7-10/h8-9,12-13H,3-7,11H2,1-2H3. The zero-order chi connectivity index (χ0) is 10.6. The molecular formula is C10H22N2O2. The van der Waals surface area contributed by atoms with E-state index in [4.69, 9.17) is 15.6 Å². The van der Waals surface area contributed by atoms with Crippen molar-refractivity contribution in [1.29, 1.82) is 0 Å². The van der Waals surface area contributed by atoms with Crippen molar-refractivity contribution in [2.24, 2.45) is 11.7 Å². The Kier molecular flexibility index (Phi) is 4.31. The fourth-order valence-electron chi connectivity index (χ4n) is 1.72. The fourth-order valence-corrected chi connectivity index (χ4v) is 1.72. The van der Waals surface area contributed by atoms with Crippen LogP contribution >= 0.6 is 0 Å². The molecule has 1 rings (SSSR count). The Morgan fingerprint density at radius 2 is 2.29 bits per heavy atom. The second-order valence-corrected chi connectivity index (χ2v) is 4.38. The number of hydrogen-bond acceptors (Lipinski definition) is 4. The Bertz CT molecular complexity index is 170. The van der Waals surface area contributed by atoms with Crippen LogP contribution in [0.4, 0.5) is 0 Å². The van der Waals surface area contributed by atoms with Gasteiger partial charge in [0.15, 0.2) is 0 Å². The van der Waals surface area contributed by atoms with Crippen LogP contribution in [0.2, 0.25) is 0 Å². The van der Waals surface area contributed by atoms with Gasteiger partial charge >= 0.3 is 0 Å². The quantitative estimate of drug-likeness (QED) is 0.573. The minimum absolute atomic E-state index is 0.0666. The topological polar surface area (TPSA) is 67.5 Å². The molecule has 1 fully saturated rings. The zero-order valence-corrected chi connectivity index (χ0v) is 9.12. The molecule has 1 aliphatic heterocycles. The van der Waals surface area contributed by atoms with Gasteiger partial charge < -0.3 is 20.9 Å². The van der Waals surface area contributed by atoms with Crippen molar-refractivity contribution in [2.45, 2.75) is 31.8 Å². The number of rotatable bonds is 5. The third-order valence-corrected chi connectivity index (χ3v) is 3.17. The highest BCUT2D eigenvalue weighted by Gasteiger charge is 2.35. The molecule has 0 saturated carbocycles. The maximum absolute atomic E-state index is 9.03. The Morgan fingerprint density at radius 3 is 2.71 bits per heavy atom. The SMILES string of the molecule is CC(CO)C(C)NC1(CN)CCOC1. The lowest BCUT2D eigenvalue weighted by Crippen LogP contribution is -2.56. The second-order valence-electron chi connectivity index (χ2n) is 4.38. The molecule has 0 spiro atoms. The minimum Gasteiger partial charge on any atom is -0.396 e. The maximum Gasteiger partial charge on any atom is 0.0661 e. The summed E-state index contributed by atoms with van der Waals surface area (Å²) in [6.45, 7) is 6.37. The van der Waals surface area contributed by atoms with Crippen molar-refractivity contribution in [3.63, 3.8) is 0 Å². The molecule has 0 amide bonds. The third kappa shape index (κ3) is 2.67. The summed E-state index contributed by atoms with van der Waals surface area (Å²) in [5.41, 5.74) is 5.69. The van der Waals surface area contributed by atoms with E-state index in [9.17, 15) is 0 Å². The molecule has 1 heterocycles. The van der Waals surface area contributed by atoms with Gasteiger partial charge in [0.05, 0.1) is 12.1 Å². The van der Waals surface area contributed by atoms with Gasteiger partial charge in [-0.25, -0.2) is 0 Å². The Hall–Kier alpha value is -0.160. The maximum atomic E-state index is 9.03. The van der Waals surface area contributed by atoms with Crippen LogP contribution in [0.3, 0.4) is 0 Å². The Morgan fingerprint density at radius 1 is 1.57 bits per heavy atom. The first kappa shape index (κ1) is 11.9. The molecule has 3 atom stereocenters. The van der Waals surface area contributed by atoms with Crippen LogP contribution in [0.5, 0.6) is 0 Å². The summed E-state index contributed by atoms with van der Waals surface area (Å²) in [6, 6.07) is 0.269. The summed E-state index contributed by atoms with van der Waals surface area (Å²) in [5.74, 6) is 0.249. The van der Waals surface area contributed by atoms with Crippen molar-refractivity contribution in [3.8, 4) is 0 Å². The first-order valence-corrected chi connectivity index (χ1v) is 5.30. The van der Waals surface area contributed by atoms with Crippen LogP contribution in [-0.4, -0.2) is 43.1 Å². The molecule has 3 unspecified atom stereocenters. The van der Waals surface area contributed by atoms with Gasteiger partial charge in [-0.3, -0.25) is 0 Å². The van der Waals surface area contributed by atoms with Crippen LogP contribution < -0.4 is 11.1 Å². The molecule has 0 radical (unpaired) electrons. The van der Waals surface area contributed by atoms with E-state index >= 15 is 0 Å². The number of nitrogens with one attached hydrogen (secondary N) is 1. The highest BCUT2D eigenvalue weighted by molar-refractivity contribution is 4.94. The average molecular weight is 202 g/mol. The molecule has 1 saturated heterocycles. The average Bonchev–Trinajstić information content (AvgIpc) is 2.65. The van der Waals surface area contributed by atoms with Crippen LogP contribution in [0.1, 0.15) is 20.3 Å². The summed E-state index contributed by atoms with van der Waals surface area (Å²) >= 11 is 0. The minimum atomic E-state index is -0.0666. The van der Waals surface area contributed by atoms with Gasteiger partial charge in [0, 0.05) is 25.8 Å². The molecule has 0 aromatic heterocycles. The van der Waals surface area contributed by atoms with Crippen molar-refractivity contribution in [2.75, 3.05) is 26.4 Å². The molecular weight excluding hydrogens is 180 g/mol. The molecule has 4 N–H and O–H groups in total. The van der Waals surface area contributed by atoms with Crippen molar-refractivity contribution >= 4 is 0 Å². The lowest BCUT2D eigenvalue weighted by atomic mass is 9.94. The van der Waals surface area contributed by atoms with E-state index in [1.165, 1.54) is 0 Å². The van der Waals surface area contributed by atoms with Crippen LogP contribution in [0.25, 0.3) is 0 Å². The van der Waals surface area contributed by atoms with Crippen molar-refractivity contribution in [3.05, 3.63) is 0 Å². The summed E-state index contributed by atoms with van der Waals surface area (Å²) in [5, 5.41) is 12.5. The first-order valence-electron chi connectivity index (χ1n) is 5.30. The zero-order valence-electron chi connectivity index (χ0n) is 9.12. The number of ether oxygens (including phenoxy) is 1. The molecule has 0 aromatic carbocycles. The second kappa shape index (κ2) is 5.07. The van der Waals surface area contributed by atoms with Gasteiger partial charge in [-0.05, 0) is 19.3 Å². The fraction of sp³-hybridized carbons (Fsp3) is 1.00. The van der Waals surface area contributed by atoms with Crippen LogP contribution in [0, 0.1) is 5.92 Å². The molecule has 4 nitrogen and oxygen atoms in total. The summed E-state index contributed by atoms with van der Waals surface area (Å²) < 4.78 is 5.36. The van der Waals surface area contributed by atoms with E-state index in [0.717, 1.165) is 13.0 Å². The highest BCUT2D eigenvalue weighted by atomic mass is 16.5. The number of aliphatic hydroxyl groups excluding tert-OH is 1. The van der Waals surface area contributed by atoms with Gasteiger partial charge in [-0.15, -0.1) is 0 Å². The van der Waals surface area contributed by atoms with Crippen molar-refractivity contribution < 1.29 is 9.84 Å². The molecule has 84 valence electrons.